The summed E-state index contributed by atoms with van der Waals surface area (Å²) in [6.07, 6.45) is 0. The fourth-order valence-electron chi connectivity index (χ4n) is 3.89. The van der Waals surface area contributed by atoms with E-state index in [9.17, 15) is 0 Å². The minimum absolute atomic E-state index is 0.943. The number of rotatable bonds is 0. The molecule has 0 aliphatic carbocycles. The number of benzene rings is 4. The zero-order valence-corrected chi connectivity index (χ0v) is 12.8. The summed E-state index contributed by atoms with van der Waals surface area (Å²) in [6, 6.07) is 25.5. The monoisotopic (exact) mass is 307 g/mol. The third-order valence-corrected chi connectivity index (χ3v) is 4.99. The van der Waals surface area contributed by atoms with Crippen LogP contribution in [-0.2, 0) is 0 Å². The second-order valence-corrected chi connectivity index (χ2v) is 6.33. The number of para-hydroxylation sites is 1. The van der Waals surface area contributed by atoms with Gasteiger partial charge in [0.1, 0.15) is 11.2 Å². The van der Waals surface area contributed by atoms with Crippen molar-refractivity contribution < 1.29 is 4.42 Å². The lowest BCUT2D eigenvalue weighted by Gasteiger charge is -1.98. The Morgan fingerprint density at radius 2 is 1.42 bits per heavy atom. The Labute approximate surface area is 137 Å². The molecule has 4 aromatic carbocycles. The summed E-state index contributed by atoms with van der Waals surface area (Å²) in [5.74, 6) is 0. The Hall–Kier alpha value is -3.26. The highest BCUT2D eigenvalue weighted by molar-refractivity contribution is 6.22. The summed E-state index contributed by atoms with van der Waals surface area (Å²) >= 11 is 0. The second kappa shape index (κ2) is 4.18. The van der Waals surface area contributed by atoms with E-state index in [2.05, 4.69) is 77.8 Å². The first kappa shape index (κ1) is 12.2. The topological polar surface area (TPSA) is 28.9 Å². The van der Waals surface area contributed by atoms with Gasteiger partial charge >= 0.3 is 0 Å². The van der Waals surface area contributed by atoms with E-state index in [0.29, 0.717) is 0 Å². The predicted molar refractivity (Wildman–Crippen MR) is 101 cm³/mol. The first-order chi connectivity index (χ1) is 11.9. The van der Waals surface area contributed by atoms with Gasteiger partial charge in [-0.2, -0.15) is 0 Å². The van der Waals surface area contributed by atoms with Crippen molar-refractivity contribution >= 4 is 54.5 Å². The average Bonchev–Trinajstić information content (AvgIpc) is 3.17. The molecule has 0 bridgehead atoms. The highest BCUT2D eigenvalue weighted by Crippen LogP contribution is 2.38. The van der Waals surface area contributed by atoms with Gasteiger partial charge < -0.3 is 9.40 Å². The van der Waals surface area contributed by atoms with E-state index in [0.717, 1.165) is 22.2 Å². The summed E-state index contributed by atoms with van der Waals surface area (Å²) in [4.78, 5) is 3.53. The highest BCUT2D eigenvalue weighted by atomic mass is 16.3. The number of aromatic amines is 1. The fraction of sp³-hybridized carbons (Fsp3) is 0. The summed E-state index contributed by atoms with van der Waals surface area (Å²) in [5.41, 5.74) is 4.20. The molecule has 2 heterocycles. The smallest absolute Gasteiger partial charge is 0.136 e. The van der Waals surface area contributed by atoms with Crippen molar-refractivity contribution in [1.29, 1.82) is 0 Å². The van der Waals surface area contributed by atoms with Gasteiger partial charge in [0.15, 0.2) is 0 Å². The SMILES string of the molecule is c1ccc2c(c1)ccc1oc3cc4c(cc3c12)[nH]c1ccccc14. The maximum Gasteiger partial charge on any atom is 0.136 e. The third kappa shape index (κ3) is 1.45. The molecule has 2 heteroatoms. The van der Waals surface area contributed by atoms with Crippen LogP contribution in [0.4, 0.5) is 0 Å². The Morgan fingerprint density at radius 1 is 0.583 bits per heavy atom. The van der Waals surface area contributed by atoms with Crippen molar-refractivity contribution in [1.82, 2.24) is 4.98 Å². The molecule has 112 valence electrons. The van der Waals surface area contributed by atoms with E-state index < -0.39 is 0 Å². The van der Waals surface area contributed by atoms with Gasteiger partial charge in [-0.05, 0) is 35.0 Å². The molecule has 0 unspecified atom stereocenters. The fourth-order valence-corrected chi connectivity index (χ4v) is 3.89. The van der Waals surface area contributed by atoms with Crippen LogP contribution in [0.25, 0.3) is 54.5 Å². The molecule has 0 atom stereocenters. The van der Waals surface area contributed by atoms with E-state index in [1.54, 1.807) is 0 Å². The molecule has 0 fully saturated rings. The quantitative estimate of drug-likeness (QED) is 0.347. The van der Waals surface area contributed by atoms with Crippen LogP contribution in [0.5, 0.6) is 0 Å². The number of aromatic nitrogens is 1. The molecule has 6 rings (SSSR count). The van der Waals surface area contributed by atoms with Gasteiger partial charge in [0.25, 0.3) is 0 Å². The zero-order valence-electron chi connectivity index (χ0n) is 12.8. The minimum Gasteiger partial charge on any atom is -0.456 e. The lowest BCUT2D eigenvalue weighted by Crippen LogP contribution is -1.74. The van der Waals surface area contributed by atoms with Crippen molar-refractivity contribution in [3.05, 3.63) is 72.8 Å². The van der Waals surface area contributed by atoms with Crippen LogP contribution in [0.2, 0.25) is 0 Å². The normalized spacial score (nSPS) is 12.2. The number of nitrogens with one attached hydrogen (secondary N) is 1. The predicted octanol–water partition coefficient (Wildman–Crippen LogP) is 6.37. The van der Waals surface area contributed by atoms with E-state index in [4.69, 9.17) is 4.42 Å². The molecule has 6 aromatic rings. The van der Waals surface area contributed by atoms with Gasteiger partial charge in [0.05, 0.1) is 0 Å². The van der Waals surface area contributed by atoms with Crippen molar-refractivity contribution in [2.75, 3.05) is 0 Å². The third-order valence-electron chi connectivity index (χ3n) is 4.99. The average molecular weight is 307 g/mol. The first-order valence-electron chi connectivity index (χ1n) is 8.13. The summed E-state index contributed by atoms with van der Waals surface area (Å²) < 4.78 is 6.17. The Morgan fingerprint density at radius 3 is 2.38 bits per heavy atom. The minimum atomic E-state index is 0.943. The molecule has 0 saturated carbocycles. The second-order valence-electron chi connectivity index (χ2n) is 6.33. The van der Waals surface area contributed by atoms with Crippen LogP contribution in [0.3, 0.4) is 0 Å². The molecule has 0 aliphatic rings. The highest BCUT2D eigenvalue weighted by Gasteiger charge is 2.13. The van der Waals surface area contributed by atoms with Crippen molar-refractivity contribution in [2.24, 2.45) is 0 Å². The molecular formula is C22H13NO. The van der Waals surface area contributed by atoms with Crippen LogP contribution < -0.4 is 0 Å². The molecule has 0 spiro atoms. The summed E-state index contributed by atoms with van der Waals surface area (Å²) in [7, 11) is 0. The maximum atomic E-state index is 6.17. The molecular weight excluding hydrogens is 294 g/mol. The Balaban J connectivity index is 1.87. The Kier molecular flexibility index (Phi) is 2.12. The van der Waals surface area contributed by atoms with E-state index in [1.807, 2.05) is 0 Å². The summed E-state index contributed by atoms with van der Waals surface area (Å²) in [5, 5.41) is 7.29. The van der Waals surface area contributed by atoms with Crippen molar-refractivity contribution in [3.8, 4) is 0 Å². The molecule has 0 saturated heterocycles. The van der Waals surface area contributed by atoms with Crippen LogP contribution in [0.15, 0.2) is 77.2 Å². The largest absolute Gasteiger partial charge is 0.456 e. The van der Waals surface area contributed by atoms with Crippen LogP contribution >= 0.6 is 0 Å². The van der Waals surface area contributed by atoms with Crippen LogP contribution in [0, 0.1) is 0 Å². The number of hydrogen-bond acceptors (Lipinski definition) is 1. The van der Waals surface area contributed by atoms with Crippen molar-refractivity contribution in [2.45, 2.75) is 0 Å². The van der Waals surface area contributed by atoms with Gasteiger partial charge in [-0.3, -0.25) is 0 Å². The molecule has 2 aromatic heterocycles. The van der Waals surface area contributed by atoms with Gasteiger partial charge in [-0.25, -0.2) is 0 Å². The van der Waals surface area contributed by atoms with Crippen LogP contribution in [0.1, 0.15) is 0 Å². The van der Waals surface area contributed by atoms with Crippen LogP contribution in [-0.4, -0.2) is 4.98 Å². The number of H-pyrrole nitrogens is 1. The Bertz CT molecular complexity index is 1400. The maximum absolute atomic E-state index is 6.17. The summed E-state index contributed by atoms with van der Waals surface area (Å²) in [6.45, 7) is 0. The van der Waals surface area contributed by atoms with Crippen molar-refractivity contribution in [3.63, 3.8) is 0 Å². The molecule has 2 nitrogen and oxygen atoms in total. The molecule has 24 heavy (non-hydrogen) atoms. The van der Waals surface area contributed by atoms with E-state index in [-0.39, 0.29) is 0 Å². The lowest BCUT2D eigenvalue weighted by molar-refractivity contribution is 0.670. The lowest BCUT2D eigenvalue weighted by atomic mass is 10.0. The van der Waals surface area contributed by atoms with E-state index >= 15 is 0 Å². The van der Waals surface area contributed by atoms with Gasteiger partial charge in [-0.15, -0.1) is 0 Å². The zero-order chi connectivity index (χ0) is 15.7. The number of hydrogen-bond donors (Lipinski definition) is 1. The number of fused-ring (bicyclic) bond motifs is 8. The molecule has 0 amide bonds. The standard InChI is InChI=1S/C22H13NO/c1-2-6-14-13(5-1)9-10-20-22(14)17-11-19-16(12-21(17)24-20)15-7-3-4-8-18(15)23-19/h1-12,23H. The number of furan rings is 1. The van der Waals surface area contributed by atoms with E-state index in [1.165, 1.54) is 32.3 Å². The first-order valence-corrected chi connectivity index (χ1v) is 8.13. The molecule has 0 aliphatic heterocycles. The van der Waals surface area contributed by atoms with Gasteiger partial charge in [0.2, 0.25) is 0 Å². The van der Waals surface area contributed by atoms with Gasteiger partial charge in [-0.1, -0.05) is 48.5 Å². The molecule has 0 radical (unpaired) electrons. The van der Waals surface area contributed by atoms with Gasteiger partial charge in [0, 0.05) is 32.6 Å². The molecule has 1 N–H and O–H groups in total.